The molecule has 1 aromatic carbocycles. The van der Waals surface area contributed by atoms with Gasteiger partial charge in [0.1, 0.15) is 0 Å². The molecule has 1 aromatic rings. The first-order valence-electron chi connectivity index (χ1n) is 4.80. The summed E-state index contributed by atoms with van der Waals surface area (Å²) in [5.41, 5.74) is 3.22. The van der Waals surface area contributed by atoms with Gasteiger partial charge in [0, 0.05) is 18.3 Å². The molecule has 0 aliphatic carbocycles. The van der Waals surface area contributed by atoms with Crippen molar-refractivity contribution in [3.8, 4) is 11.5 Å². The Kier molecular flexibility index (Phi) is 3.72. The molecule has 0 unspecified atom stereocenters. The molecule has 3 heteroatoms. The van der Waals surface area contributed by atoms with Crippen LogP contribution in [0, 0.1) is 6.92 Å². The van der Waals surface area contributed by atoms with Crippen LogP contribution in [0.4, 0.5) is 0 Å². The third-order valence-corrected chi connectivity index (χ3v) is 2.46. The van der Waals surface area contributed by atoms with Crippen molar-refractivity contribution in [3.05, 3.63) is 23.3 Å². The minimum absolute atomic E-state index is 0.737. The quantitative estimate of drug-likeness (QED) is 0.713. The summed E-state index contributed by atoms with van der Waals surface area (Å²) in [6, 6.07) is 3.92. The third kappa shape index (κ3) is 2.29. The largest absolute Gasteiger partial charge is 0.493 e. The molecular formula is C12H17NO2. The number of rotatable bonds is 3. The minimum Gasteiger partial charge on any atom is -0.493 e. The number of benzene rings is 1. The van der Waals surface area contributed by atoms with E-state index < -0.39 is 0 Å². The van der Waals surface area contributed by atoms with Crippen LogP contribution in [0.5, 0.6) is 11.5 Å². The molecule has 0 bridgehead atoms. The lowest BCUT2D eigenvalue weighted by atomic mass is 10.0. The Balaban J connectivity index is 3.32. The van der Waals surface area contributed by atoms with Gasteiger partial charge in [-0.15, -0.1) is 0 Å². The van der Waals surface area contributed by atoms with Crippen LogP contribution in [-0.2, 0) is 0 Å². The van der Waals surface area contributed by atoms with E-state index in [1.54, 1.807) is 21.3 Å². The summed E-state index contributed by atoms with van der Waals surface area (Å²) in [6.07, 6.45) is 0. The molecule has 0 saturated carbocycles. The lowest BCUT2D eigenvalue weighted by molar-refractivity contribution is 0.354. The van der Waals surface area contributed by atoms with E-state index in [1.807, 2.05) is 26.0 Å². The Morgan fingerprint density at radius 2 is 1.67 bits per heavy atom. The minimum atomic E-state index is 0.737. The molecule has 0 spiro atoms. The van der Waals surface area contributed by atoms with Crippen molar-refractivity contribution in [1.82, 2.24) is 0 Å². The van der Waals surface area contributed by atoms with Crippen molar-refractivity contribution in [3.63, 3.8) is 0 Å². The average Bonchev–Trinajstić information content (AvgIpc) is 2.27. The molecule has 0 aromatic heterocycles. The van der Waals surface area contributed by atoms with E-state index >= 15 is 0 Å². The maximum atomic E-state index is 5.25. The van der Waals surface area contributed by atoms with E-state index in [4.69, 9.17) is 9.47 Å². The predicted molar refractivity (Wildman–Crippen MR) is 62.4 cm³/mol. The summed E-state index contributed by atoms with van der Waals surface area (Å²) in [5.74, 6) is 1.49. The monoisotopic (exact) mass is 207 g/mol. The molecule has 3 nitrogen and oxygen atoms in total. The maximum Gasteiger partial charge on any atom is 0.161 e. The molecule has 15 heavy (non-hydrogen) atoms. The number of aryl methyl sites for hydroxylation is 1. The zero-order chi connectivity index (χ0) is 11.4. The van der Waals surface area contributed by atoms with Gasteiger partial charge in [0.05, 0.1) is 14.2 Å². The second kappa shape index (κ2) is 4.82. The van der Waals surface area contributed by atoms with Gasteiger partial charge in [-0.25, -0.2) is 0 Å². The van der Waals surface area contributed by atoms with Crippen LogP contribution < -0.4 is 9.47 Å². The SMILES string of the molecule is CN=C(C)c1cc(OC)c(OC)cc1C. The zero-order valence-electron chi connectivity index (χ0n) is 9.92. The molecule has 1 rings (SSSR count). The molecule has 0 aliphatic heterocycles. The molecular weight excluding hydrogens is 190 g/mol. The van der Waals surface area contributed by atoms with E-state index in [1.165, 1.54) is 0 Å². The van der Waals surface area contributed by atoms with Gasteiger partial charge in [0.15, 0.2) is 11.5 Å². The molecule has 0 saturated heterocycles. The van der Waals surface area contributed by atoms with Gasteiger partial charge in [0.2, 0.25) is 0 Å². The Labute approximate surface area is 90.7 Å². The average molecular weight is 207 g/mol. The van der Waals surface area contributed by atoms with E-state index in [0.29, 0.717) is 0 Å². The highest BCUT2D eigenvalue weighted by molar-refractivity contribution is 6.00. The number of nitrogens with zero attached hydrogens (tertiary/aromatic N) is 1. The highest BCUT2D eigenvalue weighted by Gasteiger charge is 2.09. The normalized spacial score (nSPS) is 11.4. The van der Waals surface area contributed by atoms with Crippen LogP contribution in [0.3, 0.4) is 0 Å². The number of aliphatic imine (C=N–C) groups is 1. The number of hydrogen-bond acceptors (Lipinski definition) is 3. The van der Waals surface area contributed by atoms with E-state index in [2.05, 4.69) is 4.99 Å². The standard InChI is InChI=1S/C12H17NO2/c1-8-6-11(14-4)12(15-5)7-10(8)9(2)13-3/h6-7H,1-5H3. The summed E-state index contributed by atoms with van der Waals surface area (Å²) in [5, 5.41) is 0. The lowest BCUT2D eigenvalue weighted by Crippen LogP contribution is -2.00. The Bertz CT molecular complexity index is 383. The first kappa shape index (κ1) is 11.6. The third-order valence-electron chi connectivity index (χ3n) is 2.46. The molecule has 82 valence electrons. The Hall–Kier alpha value is -1.51. The van der Waals surface area contributed by atoms with Crippen LogP contribution in [0.1, 0.15) is 18.1 Å². The first-order valence-corrected chi connectivity index (χ1v) is 4.80. The smallest absolute Gasteiger partial charge is 0.161 e. The van der Waals surface area contributed by atoms with Gasteiger partial charge in [-0.05, 0) is 31.5 Å². The first-order chi connectivity index (χ1) is 7.13. The van der Waals surface area contributed by atoms with Crippen molar-refractivity contribution in [2.24, 2.45) is 4.99 Å². The van der Waals surface area contributed by atoms with Crippen molar-refractivity contribution < 1.29 is 9.47 Å². The molecule has 0 atom stereocenters. The van der Waals surface area contributed by atoms with Gasteiger partial charge in [-0.1, -0.05) is 0 Å². The second-order valence-electron chi connectivity index (χ2n) is 3.33. The van der Waals surface area contributed by atoms with Crippen LogP contribution in [0.25, 0.3) is 0 Å². The summed E-state index contributed by atoms with van der Waals surface area (Å²) in [6.45, 7) is 4.01. The Morgan fingerprint density at radius 1 is 1.13 bits per heavy atom. The zero-order valence-corrected chi connectivity index (χ0v) is 9.92. The topological polar surface area (TPSA) is 30.8 Å². The van der Waals surface area contributed by atoms with Crippen LogP contribution in [0.2, 0.25) is 0 Å². The predicted octanol–water partition coefficient (Wildman–Crippen LogP) is 2.45. The second-order valence-corrected chi connectivity index (χ2v) is 3.33. The highest BCUT2D eigenvalue weighted by atomic mass is 16.5. The van der Waals surface area contributed by atoms with Gasteiger partial charge in [-0.2, -0.15) is 0 Å². The number of ether oxygens (including phenoxy) is 2. The van der Waals surface area contributed by atoms with Gasteiger partial charge in [0.25, 0.3) is 0 Å². The highest BCUT2D eigenvalue weighted by Crippen LogP contribution is 2.30. The summed E-state index contributed by atoms with van der Waals surface area (Å²) < 4.78 is 10.5. The molecule has 0 radical (unpaired) electrons. The summed E-state index contributed by atoms with van der Waals surface area (Å²) in [7, 11) is 5.05. The van der Waals surface area contributed by atoms with Gasteiger partial charge < -0.3 is 9.47 Å². The molecule has 0 aliphatic rings. The van der Waals surface area contributed by atoms with Crippen LogP contribution >= 0.6 is 0 Å². The fourth-order valence-electron chi connectivity index (χ4n) is 1.49. The van der Waals surface area contributed by atoms with Gasteiger partial charge in [-0.3, -0.25) is 4.99 Å². The van der Waals surface area contributed by atoms with E-state index in [-0.39, 0.29) is 0 Å². The molecule has 0 fully saturated rings. The van der Waals surface area contributed by atoms with Gasteiger partial charge >= 0.3 is 0 Å². The van der Waals surface area contributed by atoms with E-state index in [0.717, 1.165) is 28.3 Å². The maximum absolute atomic E-state index is 5.25. The van der Waals surface area contributed by atoms with Crippen molar-refractivity contribution in [2.75, 3.05) is 21.3 Å². The Morgan fingerprint density at radius 3 is 2.13 bits per heavy atom. The molecule has 0 amide bonds. The number of hydrogen-bond donors (Lipinski definition) is 0. The van der Waals surface area contributed by atoms with Crippen LogP contribution in [0.15, 0.2) is 17.1 Å². The number of methoxy groups -OCH3 is 2. The van der Waals surface area contributed by atoms with Crippen molar-refractivity contribution in [2.45, 2.75) is 13.8 Å². The van der Waals surface area contributed by atoms with Crippen LogP contribution in [-0.4, -0.2) is 27.0 Å². The van der Waals surface area contributed by atoms with E-state index in [9.17, 15) is 0 Å². The summed E-state index contributed by atoms with van der Waals surface area (Å²) >= 11 is 0. The fraction of sp³-hybridized carbons (Fsp3) is 0.417. The van der Waals surface area contributed by atoms with Crippen molar-refractivity contribution >= 4 is 5.71 Å². The fourth-order valence-corrected chi connectivity index (χ4v) is 1.49. The van der Waals surface area contributed by atoms with Crippen molar-refractivity contribution in [1.29, 1.82) is 0 Å². The lowest BCUT2D eigenvalue weighted by Gasteiger charge is -2.12. The molecule has 0 heterocycles. The molecule has 0 N–H and O–H groups in total. The summed E-state index contributed by atoms with van der Waals surface area (Å²) in [4.78, 5) is 4.17.